The molecule has 29 heavy (non-hydrogen) atoms. The summed E-state index contributed by atoms with van der Waals surface area (Å²) < 4.78 is 7.29. The molecule has 1 aliphatic heterocycles. The van der Waals surface area contributed by atoms with Gasteiger partial charge in [-0.15, -0.1) is 0 Å². The third-order valence-electron chi connectivity index (χ3n) is 5.25. The molecule has 0 atom stereocenters. The van der Waals surface area contributed by atoms with Gasteiger partial charge in [0, 0.05) is 62.3 Å². The van der Waals surface area contributed by atoms with Crippen molar-refractivity contribution in [1.29, 1.82) is 0 Å². The van der Waals surface area contributed by atoms with Gasteiger partial charge < -0.3 is 20.3 Å². The van der Waals surface area contributed by atoms with E-state index in [-0.39, 0.29) is 0 Å². The van der Waals surface area contributed by atoms with Crippen LogP contribution in [0, 0.1) is 0 Å². The van der Waals surface area contributed by atoms with Crippen LogP contribution in [0.25, 0.3) is 21.8 Å². The summed E-state index contributed by atoms with van der Waals surface area (Å²) in [4.78, 5) is 2.33. The molecule has 5 rings (SSSR count). The van der Waals surface area contributed by atoms with Gasteiger partial charge in [0.25, 0.3) is 0 Å². The number of aryl methyl sites for hydroxylation is 1. The molecule has 4 aromatic rings. The minimum absolute atomic E-state index is 0.668. The summed E-state index contributed by atoms with van der Waals surface area (Å²) in [5.74, 6) is 1.39. The van der Waals surface area contributed by atoms with E-state index in [4.69, 9.17) is 16.3 Å². The second kappa shape index (κ2) is 7.13. The topological polar surface area (TPSA) is 83.0 Å². The highest BCUT2D eigenvalue weighted by molar-refractivity contribution is 6.36. The van der Waals surface area contributed by atoms with Crippen LogP contribution in [0.2, 0.25) is 5.02 Å². The fourth-order valence-corrected chi connectivity index (χ4v) is 4.18. The Morgan fingerprint density at radius 1 is 1.17 bits per heavy atom. The van der Waals surface area contributed by atoms with Crippen molar-refractivity contribution in [3.05, 3.63) is 35.5 Å². The van der Waals surface area contributed by atoms with Crippen molar-refractivity contribution in [2.24, 2.45) is 7.05 Å². The molecule has 1 fully saturated rings. The molecule has 0 radical (unpaired) electrons. The molecular formula is C20H22ClN7O. The van der Waals surface area contributed by atoms with Crippen LogP contribution in [0.15, 0.2) is 30.5 Å². The Balaban J connectivity index is 1.52. The molecule has 2 aromatic heterocycles. The van der Waals surface area contributed by atoms with Gasteiger partial charge in [0.05, 0.1) is 23.0 Å². The SMILES string of the molecule is COc1cc(Nc2n[nH]c3cc(N4CCNCC4)cc(Cl)c23)cc2cn(C)nc12. The lowest BCUT2D eigenvalue weighted by Crippen LogP contribution is -2.43. The van der Waals surface area contributed by atoms with E-state index in [1.807, 2.05) is 31.4 Å². The summed E-state index contributed by atoms with van der Waals surface area (Å²) in [5.41, 5.74) is 3.70. The van der Waals surface area contributed by atoms with E-state index < -0.39 is 0 Å². The van der Waals surface area contributed by atoms with Gasteiger partial charge >= 0.3 is 0 Å². The first-order valence-corrected chi connectivity index (χ1v) is 9.92. The van der Waals surface area contributed by atoms with Crippen molar-refractivity contribution < 1.29 is 4.74 Å². The Bertz CT molecular complexity index is 1190. The molecule has 0 unspecified atom stereocenters. The number of benzene rings is 2. The van der Waals surface area contributed by atoms with Crippen molar-refractivity contribution in [1.82, 2.24) is 25.3 Å². The van der Waals surface area contributed by atoms with E-state index in [2.05, 4.69) is 36.9 Å². The van der Waals surface area contributed by atoms with Gasteiger partial charge in [0.1, 0.15) is 11.3 Å². The van der Waals surface area contributed by atoms with Gasteiger partial charge in [-0.3, -0.25) is 9.78 Å². The standard InChI is InChI=1S/C20H22ClN7O/c1-27-11-12-7-13(8-17(29-2)19(12)26-27)23-20-18-15(21)9-14(10-16(18)24-25-20)28-5-3-22-4-6-28/h7-11,22H,3-6H2,1-2H3,(H2,23,24,25). The third-order valence-corrected chi connectivity index (χ3v) is 5.55. The maximum atomic E-state index is 6.67. The molecule has 3 heterocycles. The lowest BCUT2D eigenvalue weighted by Gasteiger charge is -2.29. The van der Waals surface area contributed by atoms with E-state index in [9.17, 15) is 0 Å². The molecule has 0 bridgehead atoms. The average Bonchev–Trinajstić information content (AvgIpc) is 3.31. The Morgan fingerprint density at radius 2 is 2.00 bits per heavy atom. The first kappa shape index (κ1) is 18.1. The van der Waals surface area contributed by atoms with Gasteiger partial charge in [-0.05, 0) is 18.2 Å². The van der Waals surface area contributed by atoms with Gasteiger partial charge in [-0.25, -0.2) is 0 Å². The minimum Gasteiger partial charge on any atom is -0.494 e. The zero-order valence-electron chi connectivity index (χ0n) is 16.3. The molecule has 1 saturated heterocycles. The van der Waals surface area contributed by atoms with Gasteiger partial charge in [0.2, 0.25) is 0 Å². The minimum atomic E-state index is 0.668. The fourth-order valence-electron chi connectivity index (χ4n) is 3.88. The van der Waals surface area contributed by atoms with Crippen molar-refractivity contribution in [2.45, 2.75) is 0 Å². The quantitative estimate of drug-likeness (QED) is 0.478. The number of nitrogens with zero attached hydrogens (tertiary/aromatic N) is 4. The van der Waals surface area contributed by atoms with Crippen LogP contribution in [-0.4, -0.2) is 53.3 Å². The van der Waals surface area contributed by atoms with E-state index in [1.54, 1.807) is 11.8 Å². The molecule has 0 amide bonds. The van der Waals surface area contributed by atoms with Crippen LogP contribution >= 0.6 is 11.6 Å². The van der Waals surface area contributed by atoms with Crippen LogP contribution in [0.3, 0.4) is 0 Å². The van der Waals surface area contributed by atoms with Crippen LogP contribution < -0.4 is 20.3 Å². The van der Waals surface area contributed by atoms with Crippen molar-refractivity contribution >= 4 is 50.6 Å². The number of aromatic nitrogens is 4. The summed E-state index contributed by atoms with van der Waals surface area (Å²) in [6, 6.07) is 8.06. The molecule has 150 valence electrons. The highest BCUT2D eigenvalue weighted by Gasteiger charge is 2.17. The number of nitrogens with one attached hydrogen (secondary N) is 3. The van der Waals surface area contributed by atoms with Gasteiger partial charge in [-0.1, -0.05) is 11.6 Å². The van der Waals surface area contributed by atoms with Crippen LogP contribution in [0.1, 0.15) is 0 Å². The van der Waals surface area contributed by atoms with Crippen LogP contribution in [0.5, 0.6) is 5.75 Å². The normalized spacial score (nSPS) is 14.7. The van der Waals surface area contributed by atoms with Gasteiger partial charge in [-0.2, -0.15) is 10.2 Å². The van der Waals surface area contributed by atoms with Gasteiger partial charge in [0.15, 0.2) is 5.82 Å². The molecule has 8 nitrogen and oxygen atoms in total. The number of fused-ring (bicyclic) bond motifs is 2. The molecule has 3 N–H and O–H groups in total. The largest absolute Gasteiger partial charge is 0.494 e. The summed E-state index contributed by atoms with van der Waals surface area (Å²) in [5, 5.41) is 21.3. The predicted molar refractivity (Wildman–Crippen MR) is 117 cm³/mol. The van der Waals surface area contributed by atoms with Crippen molar-refractivity contribution in [2.75, 3.05) is 43.5 Å². The van der Waals surface area contributed by atoms with Crippen molar-refractivity contribution in [3.63, 3.8) is 0 Å². The maximum absolute atomic E-state index is 6.67. The molecule has 2 aromatic carbocycles. The lowest BCUT2D eigenvalue weighted by molar-refractivity contribution is 0.418. The van der Waals surface area contributed by atoms with E-state index in [1.165, 1.54) is 0 Å². The molecule has 1 aliphatic rings. The van der Waals surface area contributed by atoms with Crippen LogP contribution in [0.4, 0.5) is 17.2 Å². The number of halogens is 1. The monoisotopic (exact) mass is 411 g/mol. The Hall–Kier alpha value is -2.97. The summed E-state index contributed by atoms with van der Waals surface area (Å²) in [7, 11) is 3.54. The van der Waals surface area contributed by atoms with E-state index in [0.717, 1.165) is 59.4 Å². The zero-order chi connectivity index (χ0) is 20.0. The van der Waals surface area contributed by atoms with Crippen molar-refractivity contribution in [3.8, 4) is 5.75 Å². The van der Waals surface area contributed by atoms with E-state index >= 15 is 0 Å². The molecule has 0 spiro atoms. The Labute approximate surface area is 172 Å². The number of hydrogen-bond donors (Lipinski definition) is 3. The number of H-pyrrole nitrogens is 1. The smallest absolute Gasteiger partial charge is 0.161 e. The fraction of sp³-hybridized carbons (Fsp3) is 0.300. The second-order valence-electron chi connectivity index (χ2n) is 7.20. The zero-order valence-corrected chi connectivity index (χ0v) is 17.0. The predicted octanol–water partition coefficient (Wildman–Crippen LogP) is 3.26. The summed E-state index contributed by atoms with van der Waals surface area (Å²) in [6.07, 6.45) is 1.96. The van der Waals surface area contributed by atoms with Crippen LogP contribution in [-0.2, 0) is 7.05 Å². The third kappa shape index (κ3) is 3.24. The number of hydrogen-bond acceptors (Lipinski definition) is 6. The summed E-state index contributed by atoms with van der Waals surface area (Å²) >= 11 is 6.67. The number of aromatic amines is 1. The number of anilines is 3. The number of rotatable bonds is 4. The molecule has 0 aliphatic carbocycles. The first-order valence-electron chi connectivity index (χ1n) is 9.54. The highest BCUT2D eigenvalue weighted by atomic mass is 35.5. The summed E-state index contributed by atoms with van der Waals surface area (Å²) in [6.45, 7) is 3.88. The number of methoxy groups -OCH3 is 1. The molecular weight excluding hydrogens is 390 g/mol. The average molecular weight is 412 g/mol. The molecule has 0 saturated carbocycles. The number of ether oxygens (including phenoxy) is 1. The first-order chi connectivity index (χ1) is 14.1. The Morgan fingerprint density at radius 3 is 2.79 bits per heavy atom. The second-order valence-corrected chi connectivity index (χ2v) is 7.61. The highest BCUT2D eigenvalue weighted by Crippen LogP contribution is 2.36. The number of piperazine rings is 1. The molecule has 9 heteroatoms. The lowest BCUT2D eigenvalue weighted by atomic mass is 10.2. The Kier molecular flexibility index (Phi) is 4.44. The maximum Gasteiger partial charge on any atom is 0.161 e. The van der Waals surface area contributed by atoms with E-state index in [0.29, 0.717) is 16.6 Å².